The molecule has 0 bridgehead atoms. The van der Waals surface area contributed by atoms with Crippen LogP contribution in [-0.4, -0.2) is 42.7 Å². The lowest BCUT2D eigenvalue weighted by Gasteiger charge is -2.36. The Morgan fingerprint density at radius 3 is 2.61 bits per heavy atom. The summed E-state index contributed by atoms with van der Waals surface area (Å²) in [5, 5.41) is 14.9. The number of hydroxylamine groups is 1. The van der Waals surface area contributed by atoms with Gasteiger partial charge in [0.05, 0.1) is 12.6 Å². The number of rotatable bonds is 8. The SMILES string of the molecule is C=NN([O-])C(CCC(=O)OCC)C(C)OC(N)=O. The number of carbonyl (C=O) groups excluding carboxylic acids is 2. The second-order valence-corrected chi connectivity index (χ2v) is 3.50. The summed E-state index contributed by atoms with van der Waals surface area (Å²) in [6.07, 6.45) is -1.67. The maximum absolute atomic E-state index is 11.4. The smallest absolute Gasteiger partial charge is 0.404 e. The Hall–Kier alpha value is -1.83. The summed E-state index contributed by atoms with van der Waals surface area (Å²) in [4.78, 5) is 21.8. The van der Waals surface area contributed by atoms with Gasteiger partial charge < -0.3 is 25.6 Å². The third kappa shape index (κ3) is 6.04. The molecule has 1 amide bonds. The molecular formula is C10H18N3O5-. The fourth-order valence-corrected chi connectivity index (χ4v) is 1.39. The van der Waals surface area contributed by atoms with E-state index in [1.54, 1.807) is 6.92 Å². The monoisotopic (exact) mass is 260 g/mol. The number of carbonyl (C=O) groups is 2. The van der Waals surface area contributed by atoms with E-state index in [0.29, 0.717) is 0 Å². The molecule has 0 aromatic carbocycles. The first-order valence-electron chi connectivity index (χ1n) is 5.47. The molecule has 2 N–H and O–H groups in total. The minimum atomic E-state index is -0.999. The number of amides is 1. The fraction of sp³-hybridized carbons (Fsp3) is 0.700. The summed E-state index contributed by atoms with van der Waals surface area (Å²) < 4.78 is 9.41. The Morgan fingerprint density at radius 1 is 1.56 bits per heavy atom. The lowest BCUT2D eigenvalue weighted by molar-refractivity contribution is -0.143. The minimum absolute atomic E-state index is 0.0131. The van der Waals surface area contributed by atoms with Crippen LogP contribution in [0.1, 0.15) is 26.7 Å². The molecule has 0 aromatic rings. The van der Waals surface area contributed by atoms with Crippen LogP contribution in [0.2, 0.25) is 0 Å². The van der Waals surface area contributed by atoms with E-state index in [1.807, 2.05) is 0 Å². The lowest BCUT2D eigenvalue weighted by atomic mass is 10.1. The molecule has 0 fully saturated rings. The molecule has 0 saturated carbocycles. The van der Waals surface area contributed by atoms with E-state index < -0.39 is 24.2 Å². The predicted octanol–water partition coefficient (Wildman–Crippen LogP) is 0.598. The van der Waals surface area contributed by atoms with Crippen molar-refractivity contribution in [1.29, 1.82) is 0 Å². The predicted molar refractivity (Wildman–Crippen MR) is 64.5 cm³/mol. The highest BCUT2D eigenvalue weighted by Crippen LogP contribution is 2.14. The third-order valence-electron chi connectivity index (χ3n) is 2.22. The molecule has 0 aliphatic rings. The van der Waals surface area contributed by atoms with E-state index in [4.69, 9.17) is 10.5 Å². The van der Waals surface area contributed by atoms with Gasteiger partial charge in [-0.3, -0.25) is 4.79 Å². The first kappa shape index (κ1) is 16.2. The van der Waals surface area contributed by atoms with Gasteiger partial charge in [-0.05, 0) is 20.3 Å². The van der Waals surface area contributed by atoms with Crippen LogP contribution in [0, 0.1) is 5.21 Å². The van der Waals surface area contributed by atoms with E-state index >= 15 is 0 Å². The summed E-state index contributed by atoms with van der Waals surface area (Å²) in [6.45, 7) is 6.51. The molecule has 0 rings (SSSR count). The fourth-order valence-electron chi connectivity index (χ4n) is 1.39. The molecule has 104 valence electrons. The Morgan fingerprint density at radius 2 is 2.17 bits per heavy atom. The van der Waals surface area contributed by atoms with Crippen LogP contribution < -0.4 is 5.73 Å². The topological polar surface area (TPSA) is 117 Å². The van der Waals surface area contributed by atoms with E-state index in [0.717, 1.165) is 0 Å². The molecule has 8 nitrogen and oxygen atoms in total. The Labute approximate surface area is 105 Å². The summed E-state index contributed by atoms with van der Waals surface area (Å²) in [7, 11) is 0. The minimum Gasteiger partial charge on any atom is -0.741 e. The number of esters is 1. The average molecular weight is 260 g/mol. The maximum atomic E-state index is 11.4. The molecule has 8 heteroatoms. The van der Waals surface area contributed by atoms with Crippen LogP contribution in [0.5, 0.6) is 0 Å². The van der Waals surface area contributed by atoms with Crippen molar-refractivity contribution in [3.63, 3.8) is 0 Å². The van der Waals surface area contributed by atoms with Crippen LogP contribution in [0.25, 0.3) is 0 Å². The van der Waals surface area contributed by atoms with E-state index in [1.165, 1.54) is 6.92 Å². The zero-order chi connectivity index (χ0) is 14.1. The molecule has 0 aliphatic carbocycles. The van der Waals surface area contributed by atoms with Crippen LogP contribution in [0.3, 0.4) is 0 Å². The van der Waals surface area contributed by atoms with Crippen molar-refractivity contribution in [3.05, 3.63) is 5.21 Å². The largest absolute Gasteiger partial charge is 0.741 e. The number of hydrogen-bond donors (Lipinski definition) is 1. The van der Waals surface area contributed by atoms with Crippen molar-refractivity contribution in [2.45, 2.75) is 38.8 Å². The highest BCUT2D eigenvalue weighted by Gasteiger charge is 2.22. The summed E-state index contributed by atoms with van der Waals surface area (Å²) in [6, 6.07) is -0.834. The standard InChI is InChI=1S/C10H18N3O5/c1-4-17-9(14)6-5-8(13(16)12-3)7(2)18-10(11)15/h7-8H,3-6H2,1-2H3,(H2,11,15)/q-1. The number of hydrogen-bond acceptors (Lipinski definition) is 7. The van der Waals surface area contributed by atoms with Gasteiger partial charge in [0, 0.05) is 13.1 Å². The zero-order valence-electron chi connectivity index (χ0n) is 10.5. The Bertz CT molecular complexity index is 297. The number of hydrazone groups is 1. The second-order valence-electron chi connectivity index (χ2n) is 3.50. The van der Waals surface area contributed by atoms with Gasteiger partial charge in [0.15, 0.2) is 0 Å². The van der Waals surface area contributed by atoms with Gasteiger partial charge in [0.25, 0.3) is 0 Å². The molecule has 2 unspecified atom stereocenters. The van der Waals surface area contributed by atoms with Gasteiger partial charge in [0.1, 0.15) is 6.10 Å². The van der Waals surface area contributed by atoms with Crippen LogP contribution >= 0.6 is 0 Å². The molecule has 0 heterocycles. The van der Waals surface area contributed by atoms with Crippen molar-refractivity contribution in [3.8, 4) is 0 Å². The first-order chi connectivity index (χ1) is 8.42. The third-order valence-corrected chi connectivity index (χ3v) is 2.22. The summed E-state index contributed by atoms with van der Waals surface area (Å²) >= 11 is 0. The van der Waals surface area contributed by atoms with Crippen molar-refractivity contribution < 1.29 is 19.1 Å². The first-order valence-corrected chi connectivity index (χ1v) is 5.47. The van der Waals surface area contributed by atoms with Crippen LogP contribution in [0.4, 0.5) is 4.79 Å². The van der Waals surface area contributed by atoms with Gasteiger partial charge in [-0.15, -0.1) is 0 Å². The normalized spacial score (nSPS) is 13.3. The van der Waals surface area contributed by atoms with Crippen molar-refractivity contribution >= 4 is 18.8 Å². The number of nitrogens with two attached hydrogens (primary N) is 1. The zero-order valence-corrected chi connectivity index (χ0v) is 10.5. The molecule has 0 aliphatic heterocycles. The Balaban J connectivity index is 4.44. The highest BCUT2D eigenvalue weighted by atomic mass is 16.6. The quantitative estimate of drug-likeness (QED) is 0.388. The van der Waals surface area contributed by atoms with Crippen molar-refractivity contribution in [2.75, 3.05) is 6.61 Å². The van der Waals surface area contributed by atoms with Gasteiger partial charge in [-0.1, -0.05) is 0 Å². The number of nitrogens with zero attached hydrogens (tertiary/aromatic N) is 2. The lowest BCUT2D eigenvalue weighted by Crippen LogP contribution is -2.40. The molecule has 18 heavy (non-hydrogen) atoms. The maximum Gasteiger partial charge on any atom is 0.404 e. The molecular weight excluding hydrogens is 242 g/mol. The van der Waals surface area contributed by atoms with Crippen molar-refractivity contribution in [1.82, 2.24) is 5.17 Å². The molecule has 2 atom stereocenters. The molecule has 0 radical (unpaired) electrons. The van der Waals surface area contributed by atoms with Gasteiger partial charge in [-0.25, -0.2) is 9.90 Å². The van der Waals surface area contributed by atoms with Crippen LogP contribution in [0.15, 0.2) is 5.10 Å². The number of ether oxygens (including phenoxy) is 2. The highest BCUT2D eigenvalue weighted by molar-refractivity contribution is 5.69. The second kappa shape index (κ2) is 8.29. The van der Waals surface area contributed by atoms with Crippen molar-refractivity contribution in [2.24, 2.45) is 10.8 Å². The molecule has 0 saturated heterocycles. The van der Waals surface area contributed by atoms with Gasteiger partial charge in [-0.2, -0.15) is 0 Å². The van der Waals surface area contributed by atoms with E-state index in [9.17, 15) is 14.8 Å². The molecule has 0 aromatic heterocycles. The summed E-state index contributed by atoms with van der Waals surface area (Å²) in [5.74, 6) is -0.439. The average Bonchev–Trinajstić information content (AvgIpc) is 2.28. The molecule has 0 spiro atoms. The van der Waals surface area contributed by atoms with Gasteiger partial charge >= 0.3 is 12.1 Å². The summed E-state index contributed by atoms with van der Waals surface area (Å²) in [5.41, 5.74) is 4.86. The van der Waals surface area contributed by atoms with Gasteiger partial charge in [0.2, 0.25) is 0 Å². The van der Waals surface area contributed by atoms with E-state index in [2.05, 4.69) is 16.6 Å². The van der Waals surface area contributed by atoms with Crippen LogP contribution in [-0.2, 0) is 14.3 Å². The van der Waals surface area contributed by atoms with E-state index in [-0.39, 0.29) is 24.6 Å². The Kier molecular flexibility index (Phi) is 7.45. The number of primary amides is 1.